The molecule has 0 aromatic carbocycles. The second kappa shape index (κ2) is 4.88. The van der Waals surface area contributed by atoms with Gasteiger partial charge in [0.15, 0.2) is 10.8 Å². The molecule has 0 aliphatic carbocycles. The number of carboxylic acids is 1. The lowest BCUT2D eigenvalue weighted by atomic mass is 10.4. The predicted octanol–water partition coefficient (Wildman–Crippen LogP) is 1.55. The Bertz CT molecular complexity index is 526. The molecule has 6 nitrogen and oxygen atoms in total. The fourth-order valence-corrected chi connectivity index (χ4v) is 2.07. The topological polar surface area (TPSA) is 88.0 Å². The van der Waals surface area contributed by atoms with Crippen LogP contribution >= 0.6 is 11.3 Å². The first kappa shape index (κ1) is 11.5. The summed E-state index contributed by atoms with van der Waals surface area (Å²) < 4.78 is 0. The number of carboxylic acid groups (broad SMARTS) is 1. The Morgan fingerprint density at radius 3 is 3.00 bits per heavy atom. The Hall–Kier alpha value is -2.02. The Morgan fingerprint density at radius 1 is 1.59 bits per heavy atom. The van der Waals surface area contributed by atoms with Crippen LogP contribution in [-0.2, 0) is 6.54 Å². The molecule has 2 aromatic rings. The molecule has 7 heteroatoms. The molecule has 0 saturated carbocycles. The Morgan fingerprint density at radius 2 is 2.41 bits per heavy atom. The third-order valence-electron chi connectivity index (χ3n) is 2.05. The van der Waals surface area contributed by atoms with E-state index in [0.29, 0.717) is 16.6 Å². The molecule has 0 saturated heterocycles. The van der Waals surface area contributed by atoms with Crippen LogP contribution in [0.1, 0.15) is 21.1 Å². The van der Waals surface area contributed by atoms with Gasteiger partial charge in [-0.15, -0.1) is 11.3 Å². The second-order valence-electron chi connectivity index (χ2n) is 3.30. The van der Waals surface area contributed by atoms with Gasteiger partial charge < -0.3 is 10.4 Å². The molecule has 0 fully saturated rings. The summed E-state index contributed by atoms with van der Waals surface area (Å²) >= 11 is 1.31. The van der Waals surface area contributed by atoms with Gasteiger partial charge in [0.1, 0.15) is 0 Å². The van der Waals surface area contributed by atoms with Crippen LogP contribution in [0.5, 0.6) is 0 Å². The van der Waals surface area contributed by atoms with Crippen molar-refractivity contribution in [1.29, 1.82) is 0 Å². The molecular formula is C10H10N4O2S. The molecule has 2 aromatic heterocycles. The van der Waals surface area contributed by atoms with Crippen LogP contribution in [0.3, 0.4) is 0 Å². The molecule has 2 N–H and O–H groups in total. The van der Waals surface area contributed by atoms with Gasteiger partial charge in [-0.25, -0.2) is 9.78 Å². The number of anilines is 1. The highest BCUT2D eigenvalue weighted by atomic mass is 32.1. The standard InChI is InChI=1S/C10H10N4O2S/c1-6-8(9(15)16)13-10(17-6)11-5-7-3-2-4-12-14-7/h2-4H,5H2,1H3,(H,11,13)(H,15,16). The van der Waals surface area contributed by atoms with Crippen LogP contribution in [0.4, 0.5) is 5.13 Å². The summed E-state index contributed by atoms with van der Waals surface area (Å²) in [6.45, 7) is 2.20. The molecule has 0 bridgehead atoms. The van der Waals surface area contributed by atoms with Gasteiger partial charge in [-0.3, -0.25) is 0 Å². The molecule has 2 rings (SSSR count). The van der Waals surface area contributed by atoms with Crippen molar-refractivity contribution in [1.82, 2.24) is 15.2 Å². The maximum atomic E-state index is 10.8. The van der Waals surface area contributed by atoms with E-state index in [1.807, 2.05) is 6.07 Å². The van der Waals surface area contributed by atoms with E-state index in [1.165, 1.54) is 11.3 Å². The summed E-state index contributed by atoms with van der Waals surface area (Å²) in [5, 5.41) is 20.1. The number of hydrogen-bond acceptors (Lipinski definition) is 6. The van der Waals surface area contributed by atoms with E-state index in [0.717, 1.165) is 5.69 Å². The van der Waals surface area contributed by atoms with Gasteiger partial charge in [0.05, 0.1) is 12.2 Å². The van der Waals surface area contributed by atoms with Gasteiger partial charge in [0.2, 0.25) is 0 Å². The van der Waals surface area contributed by atoms with E-state index in [9.17, 15) is 4.79 Å². The number of aromatic nitrogens is 3. The van der Waals surface area contributed by atoms with Gasteiger partial charge in [-0.1, -0.05) is 0 Å². The fraction of sp³-hybridized carbons (Fsp3) is 0.200. The van der Waals surface area contributed by atoms with E-state index in [1.54, 1.807) is 19.2 Å². The van der Waals surface area contributed by atoms with E-state index in [4.69, 9.17) is 5.11 Å². The molecule has 17 heavy (non-hydrogen) atoms. The molecule has 0 atom stereocenters. The number of hydrogen-bond donors (Lipinski definition) is 2. The van der Waals surface area contributed by atoms with Crippen molar-refractivity contribution < 1.29 is 9.90 Å². The summed E-state index contributed by atoms with van der Waals surface area (Å²) in [6, 6.07) is 3.62. The summed E-state index contributed by atoms with van der Waals surface area (Å²) in [7, 11) is 0. The van der Waals surface area contributed by atoms with Crippen molar-refractivity contribution in [3.63, 3.8) is 0 Å². The summed E-state index contributed by atoms with van der Waals surface area (Å²) in [6.07, 6.45) is 1.60. The van der Waals surface area contributed by atoms with Gasteiger partial charge in [-0.2, -0.15) is 10.2 Å². The van der Waals surface area contributed by atoms with Gasteiger partial charge in [0, 0.05) is 11.1 Å². The second-order valence-corrected chi connectivity index (χ2v) is 4.50. The molecule has 88 valence electrons. The predicted molar refractivity (Wildman–Crippen MR) is 63.2 cm³/mol. The van der Waals surface area contributed by atoms with Crippen LogP contribution in [0.25, 0.3) is 0 Å². The average molecular weight is 250 g/mol. The van der Waals surface area contributed by atoms with Crippen LogP contribution in [-0.4, -0.2) is 26.3 Å². The highest BCUT2D eigenvalue weighted by Crippen LogP contribution is 2.22. The SMILES string of the molecule is Cc1sc(NCc2cccnn2)nc1C(=O)O. The third kappa shape index (κ3) is 2.76. The van der Waals surface area contributed by atoms with Crippen molar-refractivity contribution in [3.05, 3.63) is 34.6 Å². The van der Waals surface area contributed by atoms with Crippen molar-refractivity contribution in [2.24, 2.45) is 0 Å². The highest BCUT2D eigenvalue weighted by Gasteiger charge is 2.13. The average Bonchev–Trinajstić information content (AvgIpc) is 2.69. The molecule has 0 amide bonds. The molecule has 0 unspecified atom stereocenters. The minimum Gasteiger partial charge on any atom is -0.476 e. The number of aryl methyl sites for hydroxylation is 1. The first-order chi connectivity index (χ1) is 8.16. The zero-order chi connectivity index (χ0) is 12.3. The monoisotopic (exact) mass is 250 g/mol. The Balaban J connectivity index is 2.05. The normalized spacial score (nSPS) is 10.2. The number of rotatable bonds is 4. The zero-order valence-corrected chi connectivity index (χ0v) is 9.86. The molecule has 0 radical (unpaired) electrons. The fourth-order valence-electron chi connectivity index (χ4n) is 1.26. The quantitative estimate of drug-likeness (QED) is 0.856. The summed E-state index contributed by atoms with van der Waals surface area (Å²) in [4.78, 5) is 15.5. The van der Waals surface area contributed by atoms with Crippen molar-refractivity contribution in [2.45, 2.75) is 13.5 Å². The smallest absolute Gasteiger partial charge is 0.355 e. The maximum Gasteiger partial charge on any atom is 0.355 e. The van der Waals surface area contributed by atoms with Crippen molar-refractivity contribution in [3.8, 4) is 0 Å². The summed E-state index contributed by atoms with van der Waals surface area (Å²) in [5.41, 5.74) is 0.869. The number of nitrogens with one attached hydrogen (secondary N) is 1. The molecular weight excluding hydrogens is 240 g/mol. The van der Waals surface area contributed by atoms with Crippen LogP contribution in [0.2, 0.25) is 0 Å². The van der Waals surface area contributed by atoms with Crippen LogP contribution in [0, 0.1) is 6.92 Å². The minimum atomic E-state index is -1.01. The van der Waals surface area contributed by atoms with Gasteiger partial charge in [0.25, 0.3) is 0 Å². The van der Waals surface area contributed by atoms with Crippen LogP contribution < -0.4 is 5.32 Å². The molecule has 0 spiro atoms. The zero-order valence-electron chi connectivity index (χ0n) is 9.04. The van der Waals surface area contributed by atoms with E-state index in [-0.39, 0.29) is 5.69 Å². The number of thiazole rings is 1. The van der Waals surface area contributed by atoms with Crippen LogP contribution in [0.15, 0.2) is 18.3 Å². The summed E-state index contributed by atoms with van der Waals surface area (Å²) in [5.74, 6) is -1.01. The Labute approximate surface area is 101 Å². The molecule has 2 heterocycles. The third-order valence-corrected chi connectivity index (χ3v) is 2.98. The molecule has 0 aliphatic heterocycles. The number of carbonyl (C=O) groups is 1. The van der Waals surface area contributed by atoms with Gasteiger partial charge in [-0.05, 0) is 19.1 Å². The number of nitrogens with zero attached hydrogens (tertiary/aromatic N) is 3. The van der Waals surface area contributed by atoms with E-state index >= 15 is 0 Å². The number of aromatic carboxylic acids is 1. The lowest BCUT2D eigenvalue weighted by molar-refractivity contribution is 0.0690. The van der Waals surface area contributed by atoms with Crippen molar-refractivity contribution in [2.75, 3.05) is 5.32 Å². The van der Waals surface area contributed by atoms with E-state index in [2.05, 4.69) is 20.5 Å². The minimum absolute atomic E-state index is 0.0941. The maximum absolute atomic E-state index is 10.8. The van der Waals surface area contributed by atoms with Crippen molar-refractivity contribution >= 4 is 22.4 Å². The first-order valence-corrected chi connectivity index (χ1v) is 5.69. The lowest BCUT2D eigenvalue weighted by Crippen LogP contribution is -2.03. The lowest BCUT2D eigenvalue weighted by Gasteiger charge is -1.99. The largest absolute Gasteiger partial charge is 0.476 e. The van der Waals surface area contributed by atoms with Gasteiger partial charge >= 0.3 is 5.97 Å². The molecule has 0 aliphatic rings. The highest BCUT2D eigenvalue weighted by molar-refractivity contribution is 7.15. The first-order valence-electron chi connectivity index (χ1n) is 4.88. The Kier molecular flexibility index (Phi) is 3.29. The van der Waals surface area contributed by atoms with E-state index < -0.39 is 5.97 Å².